The number of hydrogen-bond acceptors (Lipinski definition) is 5. The maximum atomic E-state index is 11.8. The van der Waals surface area contributed by atoms with E-state index >= 15 is 0 Å². The summed E-state index contributed by atoms with van der Waals surface area (Å²) < 4.78 is 10.3. The Morgan fingerprint density at radius 2 is 1.83 bits per heavy atom. The average Bonchev–Trinajstić information content (AvgIpc) is 2.37. The fourth-order valence-electron chi connectivity index (χ4n) is 1.46. The van der Waals surface area contributed by atoms with Gasteiger partial charge in [0.1, 0.15) is 11.5 Å². The minimum absolute atomic E-state index is 0.0129. The SMILES string of the molecule is COc1cccc(OC)c1CC(=O)N(N)C(N)=S. The Balaban J connectivity index is 3.02. The van der Waals surface area contributed by atoms with Gasteiger partial charge in [-0.2, -0.15) is 0 Å². The van der Waals surface area contributed by atoms with Crippen LogP contribution in [0.2, 0.25) is 0 Å². The summed E-state index contributed by atoms with van der Waals surface area (Å²) in [6.45, 7) is 0. The lowest BCUT2D eigenvalue weighted by atomic mass is 10.1. The van der Waals surface area contributed by atoms with Crippen LogP contribution in [-0.4, -0.2) is 30.2 Å². The first kappa shape index (κ1) is 14.2. The van der Waals surface area contributed by atoms with Crippen LogP contribution in [-0.2, 0) is 11.2 Å². The molecule has 0 aromatic heterocycles. The van der Waals surface area contributed by atoms with Crippen LogP contribution in [0.15, 0.2) is 18.2 Å². The number of hydrogen-bond donors (Lipinski definition) is 2. The van der Waals surface area contributed by atoms with Gasteiger partial charge < -0.3 is 15.2 Å². The molecule has 0 heterocycles. The highest BCUT2D eigenvalue weighted by molar-refractivity contribution is 7.80. The number of rotatable bonds is 4. The van der Waals surface area contributed by atoms with Gasteiger partial charge in [-0.1, -0.05) is 6.07 Å². The van der Waals surface area contributed by atoms with Gasteiger partial charge in [0.25, 0.3) is 0 Å². The molecule has 0 bridgehead atoms. The van der Waals surface area contributed by atoms with E-state index in [1.165, 1.54) is 14.2 Å². The normalized spacial score (nSPS) is 9.72. The second kappa shape index (κ2) is 6.18. The van der Waals surface area contributed by atoms with Gasteiger partial charge in [0, 0.05) is 5.56 Å². The molecule has 0 saturated heterocycles. The molecule has 0 saturated carbocycles. The minimum atomic E-state index is -0.440. The van der Waals surface area contributed by atoms with Crippen LogP contribution in [0.25, 0.3) is 0 Å². The van der Waals surface area contributed by atoms with Gasteiger partial charge in [-0.05, 0) is 24.4 Å². The van der Waals surface area contributed by atoms with Crippen molar-refractivity contribution in [2.75, 3.05) is 14.2 Å². The standard InChI is InChI=1S/C11H15N3O3S/c1-16-8-4-3-5-9(17-2)7(8)6-10(15)14(13)11(12)18/h3-5H,6,13H2,1-2H3,(H2,12,18). The maximum absolute atomic E-state index is 11.8. The molecule has 1 aromatic carbocycles. The van der Waals surface area contributed by atoms with E-state index in [4.69, 9.17) is 21.1 Å². The zero-order valence-electron chi connectivity index (χ0n) is 10.2. The van der Waals surface area contributed by atoms with E-state index in [0.29, 0.717) is 17.1 Å². The topological polar surface area (TPSA) is 90.8 Å². The number of carbonyl (C=O) groups excluding carboxylic acids is 1. The summed E-state index contributed by atoms with van der Waals surface area (Å²) in [5.41, 5.74) is 5.88. The van der Waals surface area contributed by atoms with Crippen molar-refractivity contribution < 1.29 is 14.3 Å². The fourth-order valence-corrected chi connectivity index (χ4v) is 1.56. The van der Waals surface area contributed by atoms with Gasteiger partial charge >= 0.3 is 0 Å². The molecule has 1 rings (SSSR count). The Morgan fingerprint density at radius 1 is 1.33 bits per heavy atom. The highest BCUT2D eigenvalue weighted by Crippen LogP contribution is 2.28. The van der Waals surface area contributed by atoms with Gasteiger partial charge in [0.05, 0.1) is 20.6 Å². The molecule has 0 atom stereocenters. The van der Waals surface area contributed by atoms with Crippen LogP contribution in [0, 0.1) is 0 Å². The van der Waals surface area contributed by atoms with Crippen molar-refractivity contribution in [1.82, 2.24) is 5.01 Å². The molecule has 7 heteroatoms. The zero-order valence-corrected chi connectivity index (χ0v) is 11.0. The van der Waals surface area contributed by atoms with Gasteiger partial charge in [-0.25, -0.2) is 10.9 Å². The monoisotopic (exact) mass is 269 g/mol. The molecule has 0 radical (unpaired) electrons. The smallest absolute Gasteiger partial charge is 0.247 e. The molecule has 6 nitrogen and oxygen atoms in total. The van der Waals surface area contributed by atoms with Crippen LogP contribution >= 0.6 is 12.2 Å². The van der Waals surface area contributed by atoms with E-state index in [2.05, 4.69) is 12.2 Å². The van der Waals surface area contributed by atoms with Crippen LogP contribution in [0.4, 0.5) is 0 Å². The Labute approximate surface area is 110 Å². The van der Waals surface area contributed by atoms with E-state index in [1.807, 2.05) is 0 Å². The highest BCUT2D eigenvalue weighted by atomic mass is 32.1. The van der Waals surface area contributed by atoms with E-state index in [9.17, 15) is 4.79 Å². The van der Waals surface area contributed by atoms with Gasteiger partial charge in [-0.3, -0.25) is 4.79 Å². The lowest BCUT2D eigenvalue weighted by Crippen LogP contribution is -2.46. The largest absolute Gasteiger partial charge is 0.496 e. The second-order valence-corrected chi connectivity index (χ2v) is 3.84. The molecular weight excluding hydrogens is 254 g/mol. The number of thiocarbonyl (C=S) groups is 1. The number of nitrogens with zero attached hydrogens (tertiary/aromatic N) is 1. The summed E-state index contributed by atoms with van der Waals surface area (Å²) in [6, 6.07) is 5.22. The van der Waals surface area contributed by atoms with E-state index in [-0.39, 0.29) is 11.5 Å². The lowest BCUT2D eigenvalue weighted by molar-refractivity contribution is -0.126. The predicted octanol–water partition coefficient (Wildman–Crippen LogP) is 0.192. The Bertz CT molecular complexity index is 443. The first-order valence-corrected chi connectivity index (χ1v) is 5.49. The van der Waals surface area contributed by atoms with Crippen LogP contribution in [0.1, 0.15) is 5.56 Å². The van der Waals surface area contributed by atoms with Crippen molar-refractivity contribution in [3.05, 3.63) is 23.8 Å². The van der Waals surface area contributed by atoms with Crippen molar-refractivity contribution in [3.8, 4) is 11.5 Å². The summed E-state index contributed by atoms with van der Waals surface area (Å²) in [5.74, 6) is 6.07. The Hall–Kier alpha value is -1.86. The Kier molecular flexibility index (Phi) is 4.87. The molecule has 98 valence electrons. The Morgan fingerprint density at radius 3 is 2.22 bits per heavy atom. The van der Waals surface area contributed by atoms with Crippen LogP contribution < -0.4 is 21.1 Å². The van der Waals surface area contributed by atoms with Gasteiger partial charge in [0.15, 0.2) is 5.11 Å². The van der Waals surface area contributed by atoms with Crippen molar-refractivity contribution in [2.24, 2.45) is 11.6 Å². The number of methoxy groups -OCH3 is 2. The first-order valence-electron chi connectivity index (χ1n) is 5.08. The number of nitrogens with two attached hydrogens (primary N) is 2. The van der Waals surface area contributed by atoms with Crippen molar-refractivity contribution in [2.45, 2.75) is 6.42 Å². The molecule has 1 aromatic rings. The third-order valence-corrected chi connectivity index (χ3v) is 2.56. The molecule has 0 aliphatic rings. The molecule has 0 unspecified atom stereocenters. The molecule has 0 aliphatic heterocycles. The minimum Gasteiger partial charge on any atom is -0.496 e. The third-order valence-electron chi connectivity index (χ3n) is 2.36. The zero-order chi connectivity index (χ0) is 13.7. The summed E-state index contributed by atoms with van der Waals surface area (Å²) in [7, 11) is 3.02. The summed E-state index contributed by atoms with van der Waals surface area (Å²) >= 11 is 4.63. The van der Waals surface area contributed by atoms with E-state index in [1.54, 1.807) is 18.2 Å². The quantitative estimate of drug-likeness (QED) is 0.351. The predicted molar refractivity (Wildman–Crippen MR) is 71.1 cm³/mol. The second-order valence-electron chi connectivity index (χ2n) is 3.42. The number of ether oxygens (including phenoxy) is 2. The number of carbonyl (C=O) groups is 1. The van der Waals surface area contributed by atoms with Crippen molar-refractivity contribution in [1.29, 1.82) is 0 Å². The summed E-state index contributed by atoms with van der Waals surface area (Å²) in [6.07, 6.45) is -0.0129. The van der Waals surface area contributed by atoms with E-state index < -0.39 is 5.91 Å². The maximum Gasteiger partial charge on any atom is 0.247 e. The molecule has 0 aliphatic carbocycles. The third kappa shape index (κ3) is 3.08. The highest BCUT2D eigenvalue weighted by Gasteiger charge is 2.18. The van der Waals surface area contributed by atoms with Gasteiger partial charge in [-0.15, -0.1) is 0 Å². The van der Waals surface area contributed by atoms with Crippen LogP contribution in [0.3, 0.4) is 0 Å². The lowest BCUT2D eigenvalue weighted by Gasteiger charge is -2.16. The van der Waals surface area contributed by atoms with Gasteiger partial charge in [0.2, 0.25) is 5.91 Å². The fraction of sp³-hybridized carbons (Fsp3) is 0.273. The van der Waals surface area contributed by atoms with E-state index in [0.717, 1.165) is 5.01 Å². The number of hydrazine groups is 1. The summed E-state index contributed by atoms with van der Waals surface area (Å²) in [5, 5.41) is 0.537. The molecule has 0 fully saturated rings. The number of amides is 1. The van der Waals surface area contributed by atoms with Crippen molar-refractivity contribution in [3.63, 3.8) is 0 Å². The molecule has 18 heavy (non-hydrogen) atoms. The summed E-state index contributed by atoms with van der Waals surface area (Å²) in [4.78, 5) is 11.8. The number of benzene rings is 1. The molecular formula is C11H15N3O3S. The average molecular weight is 269 g/mol. The molecule has 0 spiro atoms. The van der Waals surface area contributed by atoms with Crippen molar-refractivity contribution >= 4 is 23.2 Å². The molecule has 1 amide bonds. The van der Waals surface area contributed by atoms with Crippen LogP contribution in [0.5, 0.6) is 11.5 Å². The molecule has 4 N–H and O–H groups in total. The first-order chi connectivity index (χ1) is 8.51.